The molecule has 0 aliphatic heterocycles. The van der Waals surface area contributed by atoms with Gasteiger partial charge in [0.05, 0.1) is 24.4 Å². The number of aromatic nitrogens is 2. The Labute approximate surface area is 107 Å². The van der Waals surface area contributed by atoms with Gasteiger partial charge >= 0.3 is 0 Å². The van der Waals surface area contributed by atoms with Gasteiger partial charge in [0.15, 0.2) is 0 Å². The van der Waals surface area contributed by atoms with Gasteiger partial charge in [-0.2, -0.15) is 9.65 Å². The van der Waals surface area contributed by atoms with E-state index in [1.807, 2.05) is 6.07 Å². The van der Waals surface area contributed by atoms with Crippen LogP contribution in [0.1, 0.15) is 11.1 Å². The highest BCUT2D eigenvalue weighted by Gasteiger charge is 2.10. The maximum absolute atomic E-state index is 13.1. The fraction of sp³-hybridized carbons (Fsp3) is 0.0833. The molecule has 4 nitrogen and oxygen atoms in total. The van der Waals surface area contributed by atoms with Crippen LogP contribution in [0.5, 0.6) is 0 Å². The molecule has 0 N–H and O–H groups in total. The Kier molecular flexibility index (Phi) is 3.40. The van der Waals surface area contributed by atoms with Crippen LogP contribution < -0.4 is 5.56 Å². The van der Waals surface area contributed by atoms with Crippen molar-refractivity contribution in [3.8, 4) is 6.07 Å². The van der Waals surface area contributed by atoms with Gasteiger partial charge in [0.25, 0.3) is 5.56 Å². The first-order valence-electron chi connectivity index (χ1n) is 5.02. The minimum absolute atomic E-state index is 0.00611. The highest BCUT2D eigenvalue weighted by atomic mass is 35.5. The number of benzene rings is 1. The predicted molar refractivity (Wildman–Crippen MR) is 63.7 cm³/mol. The molecule has 0 aliphatic carbocycles. The highest BCUT2D eigenvalue weighted by Crippen LogP contribution is 2.11. The number of nitrogens with zero attached hydrogens (tertiary/aromatic N) is 3. The second-order valence-electron chi connectivity index (χ2n) is 3.54. The molecule has 1 aromatic heterocycles. The van der Waals surface area contributed by atoms with E-state index in [0.29, 0.717) is 11.1 Å². The Morgan fingerprint density at radius 3 is 2.89 bits per heavy atom. The van der Waals surface area contributed by atoms with Gasteiger partial charge < -0.3 is 0 Å². The van der Waals surface area contributed by atoms with Gasteiger partial charge in [-0.05, 0) is 23.2 Å². The lowest BCUT2D eigenvalue weighted by molar-refractivity contribution is 0.568. The third kappa shape index (κ3) is 2.24. The summed E-state index contributed by atoms with van der Waals surface area (Å²) in [5, 5.41) is 8.81. The van der Waals surface area contributed by atoms with Gasteiger partial charge in [0.2, 0.25) is 11.1 Å². The summed E-state index contributed by atoms with van der Waals surface area (Å²) >= 11 is 5.75. The monoisotopic (exact) mass is 263 g/mol. The first-order chi connectivity index (χ1) is 8.63. The van der Waals surface area contributed by atoms with Gasteiger partial charge in [0.1, 0.15) is 0 Å². The van der Waals surface area contributed by atoms with Crippen molar-refractivity contribution in [2.45, 2.75) is 6.54 Å². The van der Waals surface area contributed by atoms with E-state index in [-0.39, 0.29) is 11.8 Å². The molecule has 0 spiro atoms. The van der Waals surface area contributed by atoms with E-state index in [0.717, 1.165) is 10.8 Å². The molecule has 0 aliphatic rings. The average molecular weight is 264 g/mol. The summed E-state index contributed by atoms with van der Waals surface area (Å²) in [6.45, 7) is 0.00611. The number of hydrogen-bond donors (Lipinski definition) is 0. The Hall–Kier alpha value is -2.19. The second kappa shape index (κ2) is 4.98. The van der Waals surface area contributed by atoms with Crippen molar-refractivity contribution in [1.29, 1.82) is 5.26 Å². The molecule has 2 aromatic rings. The third-order valence-electron chi connectivity index (χ3n) is 2.42. The van der Waals surface area contributed by atoms with Crippen LogP contribution in [-0.4, -0.2) is 9.55 Å². The molecule has 0 unspecified atom stereocenters. The SMILES string of the molecule is N#Cc1ccccc1Cn1c(Cl)ncc(F)c1=O. The molecular weight excluding hydrogens is 257 g/mol. The van der Waals surface area contributed by atoms with E-state index in [4.69, 9.17) is 16.9 Å². The Morgan fingerprint density at radius 1 is 1.44 bits per heavy atom. The minimum Gasteiger partial charge on any atom is -0.276 e. The largest absolute Gasteiger partial charge is 0.290 e. The molecule has 0 atom stereocenters. The topological polar surface area (TPSA) is 58.7 Å². The van der Waals surface area contributed by atoms with Crippen molar-refractivity contribution in [3.05, 3.63) is 63.0 Å². The lowest BCUT2D eigenvalue weighted by atomic mass is 10.1. The standard InChI is InChI=1S/C12H7ClFN3O/c13-12-16-6-10(14)11(18)17(12)7-9-4-2-1-3-8(9)5-15/h1-4,6H,7H2. The van der Waals surface area contributed by atoms with E-state index in [1.54, 1.807) is 24.3 Å². The lowest BCUT2D eigenvalue weighted by Crippen LogP contribution is -2.25. The summed E-state index contributed by atoms with van der Waals surface area (Å²) in [5.41, 5.74) is 0.129. The molecular formula is C12H7ClFN3O. The predicted octanol–water partition coefficient (Wildman–Crippen LogP) is 1.96. The van der Waals surface area contributed by atoms with E-state index >= 15 is 0 Å². The third-order valence-corrected chi connectivity index (χ3v) is 2.72. The molecule has 1 aromatic carbocycles. The number of nitriles is 1. The van der Waals surface area contributed by atoms with E-state index in [1.165, 1.54) is 0 Å². The average Bonchev–Trinajstić information content (AvgIpc) is 2.39. The van der Waals surface area contributed by atoms with Crippen molar-refractivity contribution in [1.82, 2.24) is 9.55 Å². The fourth-order valence-corrected chi connectivity index (χ4v) is 1.71. The van der Waals surface area contributed by atoms with Crippen LogP contribution in [0.25, 0.3) is 0 Å². The second-order valence-corrected chi connectivity index (χ2v) is 3.87. The zero-order valence-corrected chi connectivity index (χ0v) is 9.86. The quantitative estimate of drug-likeness (QED) is 0.778. The molecule has 0 bridgehead atoms. The number of halogens is 2. The lowest BCUT2D eigenvalue weighted by Gasteiger charge is -2.08. The van der Waals surface area contributed by atoms with Crippen LogP contribution in [0.2, 0.25) is 5.28 Å². The van der Waals surface area contributed by atoms with Gasteiger partial charge in [-0.3, -0.25) is 9.36 Å². The smallest absolute Gasteiger partial charge is 0.276 e. The maximum Gasteiger partial charge on any atom is 0.290 e. The maximum atomic E-state index is 13.1. The molecule has 0 saturated carbocycles. The molecule has 6 heteroatoms. The Balaban J connectivity index is 2.51. The summed E-state index contributed by atoms with van der Waals surface area (Å²) in [5.74, 6) is -0.978. The van der Waals surface area contributed by atoms with Crippen molar-refractivity contribution in [3.63, 3.8) is 0 Å². The molecule has 0 amide bonds. The molecule has 90 valence electrons. The van der Waals surface area contributed by atoms with Crippen molar-refractivity contribution in [2.24, 2.45) is 0 Å². The first kappa shape index (κ1) is 12.3. The zero-order chi connectivity index (χ0) is 13.1. The molecule has 1 heterocycles. The summed E-state index contributed by atoms with van der Waals surface area (Å²) in [7, 11) is 0. The molecule has 18 heavy (non-hydrogen) atoms. The van der Waals surface area contributed by atoms with Crippen molar-refractivity contribution < 1.29 is 4.39 Å². The molecule has 2 rings (SSSR count). The van der Waals surface area contributed by atoms with Crippen molar-refractivity contribution in [2.75, 3.05) is 0 Å². The summed E-state index contributed by atoms with van der Waals surface area (Å²) in [4.78, 5) is 15.1. The molecule has 0 fully saturated rings. The van der Waals surface area contributed by atoms with Gasteiger partial charge in [-0.1, -0.05) is 18.2 Å². The van der Waals surface area contributed by atoms with Crippen LogP contribution in [-0.2, 0) is 6.54 Å². The zero-order valence-electron chi connectivity index (χ0n) is 9.10. The molecule has 0 radical (unpaired) electrons. The van der Waals surface area contributed by atoms with E-state index < -0.39 is 11.4 Å². The number of hydrogen-bond acceptors (Lipinski definition) is 3. The highest BCUT2D eigenvalue weighted by molar-refractivity contribution is 6.28. The summed E-state index contributed by atoms with van der Waals surface area (Å²) in [6.07, 6.45) is 0.775. The van der Waals surface area contributed by atoms with E-state index in [2.05, 4.69) is 4.98 Å². The minimum atomic E-state index is -0.978. The number of rotatable bonds is 2. The fourth-order valence-electron chi connectivity index (χ4n) is 1.52. The van der Waals surface area contributed by atoms with Crippen LogP contribution in [0, 0.1) is 17.1 Å². The normalized spacial score (nSPS) is 10.1. The van der Waals surface area contributed by atoms with Crippen LogP contribution in [0.4, 0.5) is 4.39 Å². The first-order valence-corrected chi connectivity index (χ1v) is 5.40. The van der Waals surface area contributed by atoms with Gasteiger partial charge in [-0.15, -0.1) is 0 Å². The van der Waals surface area contributed by atoms with Crippen LogP contribution >= 0.6 is 11.6 Å². The van der Waals surface area contributed by atoms with Gasteiger partial charge in [-0.25, -0.2) is 4.98 Å². The Morgan fingerprint density at radius 2 is 2.17 bits per heavy atom. The van der Waals surface area contributed by atoms with Crippen LogP contribution in [0.3, 0.4) is 0 Å². The molecule has 0 saturated heterocycles. The van der Waals surface area contributed by atoms with Crippen molar-refractivity contribution >= 4 is 11.6 Å². The van der Waals surface area contributed by atoms with Crippen LogP contribution in [0.15, 0.2) is 35.3 Å². The van der Waals surface area contributed by atoms with E-state index in [9.17, 15) is 9.18 Å². The summed E-state index contributed by atoms with van der Waals surface area (Å²) < 4.78 is 14.1. The summed E-state index contributed by atoms with van der Waals surface area (Å²) in [6, 6.07) is 8.71. The van der Waals surface area contributed by atoms with Gasteiger partial charge in [0, 0.05) is 0 Å². The Bertz CT molecular complexity index is 690.